The van der Waals surface area contributed by atoms with Crippen molar-refractivity contribution in [3.63, 3.8) is 0 Å². The third kappa shape index (κ3) is 4.20. The Kier molecular flexibility index (Phi) is 6.20. The highest BCUT2D eigenvalue weighted by Crippen LogP contribution is 2.29. The summed E-state index contributed by atoms with van der Waals surface area (Å²) < 4.78 is 11.2. The molecule has 0 unspecified atom stereocenters. The summed E-state index contributed by atoms with van der Waals surface area (Å²) in [6.07, 6.45) is 7.39. The van der Waals surface area contributed by atoms with Crippen LogP contribution < -0.4 is 0 Å². The summed E-state index contributed by atoms with van der Waals surface area (Å²) in [5.74, 6) is -0.727. The van der Waals surface area contributed by atoms with Crippen molar-refractivity contribution in [1.82, 2.24) is 0 Å². The summed E-state index contributed by atoms with van der Waals surface area (Å²) >= 11 is 0. The molecule has 1 fully saturated rings. The van der Waals surface area contributed by atoms with E-state index < -0.39 is 5.92 Å². The first kappa shape index (κ1) is 16.8. The van der Waals surface area contributed by atoms with Gasteiger partial charge in [0.2, 0.25) is 0 Å². The van der Waals surface area contributed by atoms with Crippen molar-refractivity contribution in [1.29, 1.82) is 0 Å². The predicted octanol–water partition coefficient (Wildman–Crippen LogP) is 4.16. The Morgan fingerprint density at radius 1 is 1.23 bits per heavy atom. The van der Waals surface area contributed by atoms with Crippen LogP contribution in [-0.2, 0) is 14.3 Å². The molecule has 0 bridgehead atoms. The summed E-state index contributed by atoms with van der Waals surface area (Å²) in [6.45, 7) is 5.90. The molecule has 2 atom stereocenters. The monoisotopic (exact) mass is 302 g/mol. The van der Waals surface area contributed by atoms with Gasteiger partial charge >= 0.3 is 5.97 Å². The average Bonchev–Trinajstić information content (AvgIpc) is 2.56. The van der Waals surface area contributed by atoms with Crippen molar-refractivity contribution in [3.8, 4) is 0 Å². The Balaban J connectivity index is 2.19. The van der Waals surface area contributed by atoms with Gasteiger partial charge in [-0.15, -0.1) is 6.58 Å². The van der Waals surface area contributed by atoms with Crippen molar-refractivity contribution >= 4 is 5.97 Å². The van der Waals surface area contributed by atoms with Gasteiger partial charge < -0.3 is 9.47 Å². The van der Waals surface area contributed by atoms with E-state index in [0.29, 0.717) is 0 Å². The lowest BCUT2D eigenvalue weighted by molar-refractivity contribution is -0.147. The molecule has 3 nitrogen and oxygen atoms in total. The van der Waals surface area contributed by atoms with Crippen molar-refractivity contribution in [2.24, 2.45) is 0 Å². The van der Waals surface area contributed by atoms with E-state index >= 15 is 0 Å². The highest BCUT2D eigenvalue weighted by molar-refractivity contribution is 5.79. The van der Waals surface area contributed by atoms with Crippen LogP contribution in [0.4, 0.5) is 0 Å². The number of rotatable bonds is 6. The van der Waals surface area contributed by atoms with Crippen LogP contribution >= 0.6 is 0 Å². The number of benzene rings is 1. The lowest BCUT2D eigenvalue weighted by Crippen LogP contribution is -2.32. The van der Waals surface area contributed by atoms with Crippen LogP contribution in [0.1, 0.15) is 49.1 Å². The van der Waals surface area contributed by atoms with Gasteiger partial charge in [-0.25, -0.2) is 0 Å². The zero-order valence-corrected chi connectivity index (χ0v) is 13.6. The molecule has 1 aromatic rings. The minimum atomic E-state index is -0.454. The fourth-order valence-electron chi connectivity index (χ4n) is 3.05. The molecule has 1 aromatic carbocycles. The number of aryl methyl sites for hydroxylation is 1. The highest BCUT2D eigenvalue weighted by atomic mass is 16.5. The van der Waals surface area contributed by atoms with Gasteiger partial charge in [-0.3, -0.25) is 4.79 Å². The van der Waals surface area contributed by atoms with Gasteiger partial charge in [0.1, 0.15) is 5.92 Å². The molecule has 3 heteroatoms. The molecule has 0 N–H and O–H groups in total. The minimum Gasteiger partial charge on any atom is -0.468 e. The maximum absolute atomic E-state index is 12.3. The van der Waals surface area contributed by atoms with E-state index in [1.165, 1.54) is 26.4 Å². The van der Waals surface area contributed by atoms with Gasteiger partial charge in [-0.2, -0.15) is 0 Å². The van der Waals surface area contributed by atoms with E-state index in [9.17, 15) is 4.79 Å². The quantitative estimate of drug-likeness (QED) is 0.585. The number of ether oxygens (including phenoxy) is 2. The van der Waals surface area contributed by atoms with Crippen molar-refractivity contribution in [3.05, 3.63) is 48.0 Å². The summed E-state index contributed by atoms with van der Waals surface area (Å²) in [4.78, 5) is 12.3. The fourth-order valence-corrected chi connectivity index (χ4v) is 3.05. The second-order valence-corrected chi connectivity index (χ2v) is 6.01. The summed E-state index contributed by atoms with van der Waals surface area (Å²) in [5, 5.41) is 0. The normalized spacial score (nSPS) is 18.5. The third-order valence-electron chi connectivity index (χ3n) is 4.35. The number of hydrogen-bond acceptors (Lipinski definition) is 3. The van der Waals surface area contributed by atoms with Crippen molar-refractivity contribution in [2.75, 3.05) is 7.11 Å². The summed E-state index contributed by atoms with van der Waals surface area (Å²) in [5.41, 5.74) is 2.08. The van der Waals surface area contributed by atoms with Crippen molar-refractivity contribution in [2.45, 2.75) is 57.2 Å². The molecule has 0 saturated heterocycles. The Labute approximate surface area is 133 Å². The first-order valence-electron chi connectivity index (χ1n) is 8.08. The molecule has 1 saturated carbocycles. The van der Waals surface area contributed by atoms with E-state index in [2.05, 4.69) is 6.58 Å². The van der Waals surface area contributed by atoms with Crippen LogP contribution in [0.3, 0.4) is 0 Å². The highest BCUT2D eigenvalue weighted by Gasteiger charge is 2.32. The molecule has 1 aliphatic rings. The Morgan fingerprint density at radius 2 is 1.86 bits per heavy atom. The lowest BCUT2D eigenvalue weighted by Gasteiger charge is -2.30. The first-order valence-corrected chi connectivity index (χ1v) is 8.08. The van der Waals surface area contributed by atoms with E-state index in [1.54, 1.807) is 6.08 Å². The Bertz CT molecular complexity index is 486. The SMILES string of the molecule is C=C[C@@H](OC1CCCCC1)[C@H](C(=O)OC)c1ccc(C)cc1. The largest absolute Gasteiger partial charge is 0.468 e. The zero-order chi connectivity index (χ0) is 15.9. The molecule has 0 aliphatic heterocycles. The number of hydrogen-bond donors (Lipinski definition) is 0. The predicted molar refractivity (Wildman–Crippen MR) is 87.9 cm³/mol. The van der Waals surface area contributed by atoms with Crippen LogP contribution in [0, 0.1) is 6.92 Å². The summed E-state index contributed by atoms with van der Waals surface area (Å²) in [7, 11) is 1.42. The molecule has 0 heterocycles. The number of esters is 1. The summed E-state index contributed by atoms with van der Waals surface area (Å²) in [6, 6.07) is 7.95. The zero-order valence-electron chi connectivity index (χ0n) is 13.6. The number of carbonyl (C=O) groups is 1. The molecular weight excluding hydrogens is 276 g/mol. The molecule has 0 amide bonds. The van der Waals surface area contributed by atoms with Gasteiger partial charge in [0, 0.05) is 0 Å². The van der Waals surface area contributed by atoms with Gasteiger partial charge in [-0.1, -0.05) is 55.2 Å². The van der Waals surface area contributed by atoms with Crippen molar-refractivity contribution < 1.29 is 14.3 Å². The van der Waals surface area contributed by atoms with Crippen LogP contribution in [0.2, 0.25) is 0 Å². The molecule has 0 spiro atoms. The fraction of sp³-hybridized carbons (Fsp3) is 0.526. The molecule has 0 radical (unpaired) electrons. The van der Waals surface area contributed by atoms with Crippen LogP contribution in [-0.4, -0.2) is 25.3 Å². The lowest BCUT2D eigenvalue weighted by atomic mass is 9.91. The standard InChI is InChI=1S/C19H26O3/c1-4-17(22-16-8-6-5-7-9-16)18(19(20)21-3)15-12-10-14(2)11-13-15/h4,10-13,16-18H,1,5-9H2,2-3H3/t17-,18-/m1/s1. The van der Waals surface area contributed by atoms with Crippen LogP contribution in [0.15, 0.2) is 36.9 Å². The number of carbonyl (C=O) groups excluding carboxylic acids is 1. The maximum atomic E-state index is 12.3. The second kappa shape index (κ2) is 8.14. The Morgan fingerprint density at radius 3 is 2.41 bits per heavy atom. The van der Waals surface area contributed by atoms with Gasteiger partial charge in [-0.05, 0) is 25.3 Å². The van der Waals surface area contributed by atoms with E-state index in [-0.39, 0.29) is 18.2 Å². The Hall–Kier alpha value is -1.61. The molecule has 1 aliphatic carbocycles. The van der Waals surface area contributed by atoms with Crippen LogP contribution in [0.25, 0.3) is 0 Å². The first-order chi connectivity index (χ1) is 10.7. The van der Waals surface area contributed by atoms with Gasteiger partial charge in [0.25, 0.3) is 0 Å². The van der Waals surface area contributed by atoms with Gasteiger partial charge in [0.15, 0.2) is 0 Å². The third-order valence-corrected chi connectivity index (χ3v) is 4.35. The van der Waals surface area contributed by atoms with Crippen LogP contribution in [0.5, 0.6) is 0 Å². The van der Waals surface area contributed by atoms with Gasteiger partial charge in [0.05, 0.1) is 19.3 Å². The van der Waals surface area contributed by atoms with E-state index in [0.717, 1.165) is 24.0 Å². The molecule has 0 aromatic heterocycles. The average molecular weight is 302 g/mol. The number of methoxy groups -OCH3 is 1. The molecule has 120 valence electrons. The molecular formula is C19H26O3. The maximum Gasteiger partial charge on any atom is 0.316 e. The topological polar surface area (TPSA) is 35.5 Å². The second-order valence-electron chi connectivity index (χ2n) is 6.01. The van der Waals surface area contributed by atoms with E-state index in [1.807, 2.05) is 31.2 Å². The van der Waals surface area contributed by atoms with E-state index in [4.69, 9.17) is 9.47 Å². The minimum absolute atomic E-state index is 0.217. The smallest absolute Gasteiger partial charge is 0.316 e. The molecule has 22 heavy (non-hydrogen) atoms. The molecule has 2 rings (SSSR count).